The van der Waals surface area contributed by atoms with Crippen LogP contribution in [0.3, 0.4) is 0 Å². The summed E-state index contributed by atoms with van der Waals surface area (Å²) >= 11 is 0. The molecule has 52 valence electrons. The molecule has 0 bridgehead atoms. The van der Waals surface area contributed by atoms with Crippen LogP contribution in [0.4, 0.5) is 0 Å². The van der Waals surface area contributed by atoms with Gasteiger partial charge >= 0.3 is 0 Å². The van der Waals surface area contributed by atoms with E-state index >= 15 is 0 Å². The van der Waals surface area contributed by atoms with E-state index in [1.165, 1.54) is 5.70 Å². The Morgan fingerprint density at radius 1 is 1.60 bits per heavy atom. The molecule has 0 amide bonds. The van der Waals surface area contributed by atoms with Gasteiger partial charge in [0.05, 0.1) is 0 Å². The molecule has 0 spiro atoms. The molecule has 1 unspecified atom stereocenters. The first-order chi connectivity index (χ1) is 4.97. The quantitative estimate of drug-likeness (QED) is 0.508. The van der Waals surface area contributed by atoms with Crippen molar-refractivity contribution in [3.8, 4) is 0 Å². The smallest absolute Gasteiger partial charge is 0.171 e. The van der Waals surface area contributed by atoms with Crippen molar-refractivity contribution in [2.75, 3.05) is 6.54 Å². The largest absolute Gasteiger partial charge is 0.364 e. The molecule has 0 aromatic carbocycles. The second kappa shape index (κ2) is 2.46. The molecule has 10 heavy (non-hydrogen) atoms. The number of rotatable bonds is 0. The highest BCUT2D eigenvalue weighted by Gasteiger charge is 2.18. The number of allylic oxidation sites excluding steroid dienone is 3. The molecule has 1 atom stereocenters. The maximum Gasteiger partial charge on any atom is 0.171 e. The van der Waals surface area contributed by atoms with Crippen molar-refractivity contribution in [3.63, 3.8) is 0 Å². The Labute approximate surface area is 61.0 Å². The van der Waals surface area contributed by atoms with Gasteiger partial charge in [0.25, 0.3) is 0 Å². The fraction of sp³-hybridized carbons (Fsp3) is 0.375. The first kappa shape index (κ1) is 5.98. The van der Waals surface area contributed by atoms with Crippen LogP contribution in [0.1, 0.15) is 6.42 Å². The summed E-state index contributed by atoms with van der Waals surface area (Å²) < 4.78 is 0. The second-order valence-electron chi connectivity index (χ2n) is 2.61. The van der Waals surface area contributed by atoms with E-state index in [1.807, 2.05) is 0 Å². The normalized spacial score (nSPS) is 30.4. The minimum Gasteiger partial charge on any atom is -0.364 e. The third-order valence-corrected chi connectivity index (χ3v) is 1.92. The summed E-state index contributed by atoms with van der Waals surface area (Å²) in [5, 5.41) is 6.12. The monoisotopic (exact) mass is 134 g/mol. The number of nitrogens with one attached hydrogen (secondary N) is 2. The van der Waals surface area contributed by atoms with E-state index < -0.39 is 0 Å². The van der Waals surface area contributed by atoms with Crippen LogP contribution < -0.4 is 10.6 Å². The lowest BCUT2D eigenvalue weighted by Crippen LogP contribution is -2.38. The van der Waals surface area contributed by atoms with Crippen LogP contribution in [-0.4, -0.2) is 6.54 Å². The van der Waals surface area contributed by atoms with E-state index in [4.69, 9.17) is 0 Å². The third kappa shape index (κ3) is 0.948. The summed E-state index contributed by atoms with van der Waals surface area (Å²) in [6.07, 6.45) is 7.55. The molecule has 1 aliphatic carbocycles. The van der Waals surface area contributed by atoms with Crippen molar-refractivity contribution in [3.05, 3.63) is 30.6 Å². The van der Waals surface area contributed by atoms with Crippen LogP contribution in [0.5, 0.6) is 0 Å². The predicted molar refractivity (Wildman–Crippen MR) is 39.7 cm³/mol. The fourth-order valence-corrected chi connectivity index (χ4v) is 1.31. The summed E-state index contributed by atoms with van der Waals surface area (Å²) in [5.74, 6) is 0.645. The highest BCUT2D eigenvalue weighted by atomic mass is 15.1. The fourth-order valence-electron chi connectivity index (χ4n) is 1.31. The minimum atomic E-state index is 0.645. The van der Waals surface area contributed by atoms with Crippen molar-refractivity contribution in [2.45, 2.75) is 6.42 Å². The zero-order valence-electron chi connectivity index (χ0n) is 5.72. The molecule has 0 aromatic rings. The SMILES string of the molecule is [C]1NCC2CC=CC=C2N1. The van der Waals surface area contributed by atoms with Gasteiger partial charge in [0.2, 0.25) is 0 Å². The summed E-state index contributed by atoms with van der Waals surface area (Å²) in [4.78, 5) is 0. The molecule has 1 saturated heterocycles. The predicted octanol–water partition coefficient (Wildman–Crippen LogP) is 0.635. The van der Waals surface area contributed by atoms with Crippen LogP contribution in [0, 0.1) is 12.6 Å². The van der Waals surface area contributed by atoms with Crippen molar-refractivity contribution >= 4 is 0 Å². The minimum absolute atomic E-state index is 0.645. The molecular weight excluding hydrogens is 124 g/mol. The van der Waals surface area contributed by atoms with Crippen LogP contribution in [0.2, 0.25) is 0 Å². The van der Waals surface area contributed by atoms with Crippen LogP contribution in [0.15, 0.2) is 23.9 Å². The highest BCUT2D eigenvalue weighted by molar-refractivity contribution is 5.22. The molecule has 0 saturated carbocycles. The third-order valence-electron chi connectivity index (χ3n) is 1.92. The molecule has 2 radical (unpaired) electrons. The van der Waals surface area contributed by atoms with Gasteiger partial charge in [-0.05, 0) is 12.5 Å². The summed E-state index contributed by atoms with van der Waals surface area (Å²) in [6, 6.07) is 0. The number of hydrogen-bond donors (Lipinski definition) is 2. The second-order valence-corrected chi connectivity index (χ2v) is 2.61. The molecule has 0 aromatic heterocycles. The van der Waals surface area contributed by atoms with Gasteiger partial charge in [0, 0.05) is 18.2 Å². The van der Waals surface area contributed by atoms with E-state index in [2.05, 4.69) is 35.5 Å². The number of hydrogen-bond acceptors (Lipinski definition) is 2. The van der Waals surface area contributed by atoms with Gasteiger partial charge in [-0.3, -0.25) is 5.32 Å². The Bertz CT molecular complexity index is 182. The average Bonchev–Trinajstić information content (AvgIpc) is 2.05. The molecule has 2 nitrogen and oxygen atoms in total. The van der Waals surface area contributed by atoms with Gasteiger partial charge in [-0.15, -0.1) is 0 Å². The summed E-state index contributed by atoms with van der Waals surface area (Å²) in [5.41, 5.74) is 1.29. The van der Waals surface area contributed by atoms with Gasteiger partial charge in [0.1, 0.15) is 0 Å². The number of fused-ring (bicyclic) bond motifs is 1. The van der Waals surface area contributed by atoms with Gasteiger partial charge in [-0.1, -0.05) is 12.2 Å². The molecule has 1 aliphatic heterocycles. The Hall–Kier alpha value is -0.760. The van der Waals surface area contributed by atoms with Gasteiger partial charge in [-0.25, -0.2) is 0 Å². The maximum absolute atomic E-state index is 3.07. The van der Waals surface area contributed by atoms with Gasteiger partial charge in [-0.2, -0.15) is 0 Å². The Balaban J connectivity index is 2.14. The molecule has 2 rings (SSSR count). The lowest BCUT2D eigenvalue weighted by atomic mass is 9.96. The highest BCUT2D eigenvalue weighted by Crippen LogP contribution is 2.19. The topological polar surface area (TPSA) is 24.1 Å². The van der Waals surface area contributed by atoms with Crippen molar-refractivity contribution in [2.24, 2.45) is 5.92 Å². The first-order valence-corrected chi connectivity index (χ1v) is 3.57. The van der Waals surface area contributed by atoms with Crippen molar-refractivity contribution in [1.82, 2.24) is 10.6 Å². The molecule has 2 N–H and O–H groups in total. The lowest BCUT2D eigenvalue weighted by molar-refractivity contribution is 0.480. The zero-order valence-corrected chi connectivity index (χ0v) is 5.72. The van der Waals surface area contributed by atoms with Crippen LogP contribution >= 0.6 is 0 Å². The van der Waals surface area contributed by atoms with E-state index in [0.717, 1.165) is 13.0 Å². The Morgan fingerprint density at radius 2 is 2.60 bits per heavy atom. The Morgan fingerprint density at radius 3 is 3.50 bits per heavy atom. The van der Waals surface area contributed by atoms with E-state index in [9.17, 15) is 0 Å². The summed E-state index contributed by atoms with van der Waals surface area (Å²) in [7, 11) is 0. The zero-order chi connectivity index (χ0) is 6.81. The van der Waals surface area contributed by atoms with E-state index in [0.29, 0.717) is 5.92 Å². The standard InChI is InChI=1S/C8H10N2/c1-2-4-8-7(3-1)5-9-6-10-8/h1-2,4,7,9-10H,3,5H2. The average molecular weight is 134 g/mol. The molecular formula is C8H10N2. The van der Waals surface area contributed by atoms with Gasteiger partial charge in [0.15, 0.2) is 6.67 Å². The van der Waals surface area contributed by atoms with E-state index in [-0.39, 0.29) is 0 Å². The van der Waals surface area contributed by atoms with E-state index in [1.54, 1.807) is 0 Å². The van der Waals surface area contributed by atoms with Crippen molar-refractivity contribution < 1.29 is 0 Å². The van der Waals surface area contributed by atoms with Crippen LogP contribution in [-0.2, 0) is 0 Å². The van der Waals surface area contributed by atoms with Gasteiger partial charge < -0.3 is 5.32 Å². The molecule has 1 fully saturated rings. The van der Waals surface area contributed by atoms with Crippen LogP contribution in [0.25, 0.3) is 0 Å². The first-order valence-electron chi connectivity index (χ1n) is 3.57. The van der Waals surface area contributed by atoms with Crippen molar-refractivity contribution in [1.29, 1.82) is 0 Å². The Kier molecular flexibility index (Phi) is 1.47. The molecule has 2 aliphatic rings. The lowest BCUT2D eigenvalue weighted by Gasteiger charge is -2.27. The maximum atomic E-state index is 3.07. The molecule has 1 heterocycles. The summed E-state index contributed by atoms with van der Waals surface area (Å²) in [6.45, 7) is 3.90. The molecule has 2 heteroatoms.